The molecule has 7 heteroatoms. The first kappa shape index (κ1) is 9.51. The third-order valence-corrected chi connectivity index (χ3v) is 3.09. The van der Waals surface area contributed by atoms with Crippen molar-refractivity contribution in [2.24, 2.45) is 0 Å². The van der Waals surface area contributed by atoms with Crippen molar-refractivity contribution in [1.82, 2.24) is 4.98 Å². The van der Waals surface area contributed by atoms with Gasteiger partial charge in [-0.15, -0.1) is 0 Å². The lowest BCUT2D eigenvalue weighted by molar-refractivity contribution is 0.589. The second-order valence-electron chi connectivity index (χ2n) is 3.18. The van der Waals surface area contributed by atoms with Gasteiger partial charge >= 0.3 is 0 Å². The van der Waals surface area contributed by atoms with Gasteiger partial charge in [-0.2, -0.15) is 10.2 Å². The minimum atomic E-state index is -2.53. The van der Waals surface area contributed by atoms with Crippen molar-refractivity contribution in [1.29, 1.82) is 5.26 Å². The van der Waals surface area contributed by atoms with Gasteiger partial charge in [0.15, 0.2) is 0 Å². The van der Waals surface area contributed by atoms with Gasteiger partial charge in [0.2, 0.25) is 17.5 Å². The van der Waals surface area contributed by atoms with Crippen LogP contribution in [0.15, 0.2) is 16.5 Å². The Hall–Kier alpha value is -1.41. The molecule has 0 aliphatic carbocycles. The van der Waals surface area contributed by atoms with Crippen molar-refractivity contribution in [3.05, 3.63) is 32.9 Å². The van der Waals surface area contributed by atoms with Crippen LogP contribution in [0.2, 0.25) is 15.1 Å². The maximum Gasteiger partial charge on any atom is 0.232 e. The molecule has 4 nitrogen and oxygen atoms in total. The van der Waals surface area contributed by atoms with Crippen LogP contribution in [-0.2, 0) is 0 Å². The first-order valence-electron chi connectivity index (χ1n) is 6.05. The van der Waals surface area contributed by atoms with Crippen LogP contribution in [0.5, 0.6) is 0 Å². The normalized spacial score (nSPS) is 13.3. The zero-order valence-electron chi connectivity index (χ0n) is 11.6. The lowest BCUT2D eigenvalue weighted by Gasteiger charge is -2.02. The SMILES string of the molecule is [2H]C([2H])([2H])Nc1oc(-c2cc(Cl)cc(Cl)c2Cl)nc1C#N. The second kappa shape index (κ2) is 5.07. The summed E-state index contributed by atoms with van der Waals surface area (Å²) < 4.78 is 26.6. The second-order valence-corrected chi connectivity index (χ2v) is 4.40. The van der Waals surface area contributed by atoms with Gasteiger partial charge in [0.25, 0.3) is 0 Å². The Morgan fingerprint density at radius 2 is 2.22 bits per heavy atom. The van der Waals surface area contributed by atoms with E-state index in [0.29, 0.717) is 5.02 Å². The number of hydrogen-bond donors (Lipinski definition) is 1. The van der Waals surface area contributed by atoms with Crippen molar-refractivity contribution in [3.8, 4) is 17.5 Å². The molecule has 2 aromatic rings. The Morgan fingerprint density at radius 3 is 2.89 bits per heavy atom. The number of rotatable bonds is 2. The monoisotopic (exact) mass is 304 g/mol. The van der Waals surface area contributed by atoms with E-state index in [-0.39, 0.29) is 33.1 Å². The van der Waals surface area contributed by atoms with Crippen LogP contribution in [-0.4, -0.2) is 12.0 Å². The maximum absolute atomic E-state index is 8.97. The summed E-state index contributed by atoms with van der Waals surface area (Å²) in [5, 5.41) is 11.7. The molecule has 0 saturated heterocycles. The molecular weight excluding hydrogens is 296 g/mol. The van der Waals surface area contributed by atoms with Crippen LogP contribution in [0.1, 0.15) is 9.81 Å². The van der Waals surface area contributed by atoms with E-state index >= 15 is 0 Å². The number of benzene rings is 1. The Bertz CT molecular complexity index is 737. The smallest absolute Gasteiger partial charge is 0.232 e. The van der Waals surface area contributed by atoms with E-state index in [1.165, 1.54) is 12.1 Å². The van der Waals surface area contributed by atoms with Crippen LogP contribution < -0.4 is 5.32 Å². The van der Waals surface area contributed by atoms with Crippen molar-refractivity contribution < 1.29 is 8.53 Å². The molecule has 1 heterocycles. The molecule has 0 aliphatic heterocycles. The topological polar surface area (TPSA) is 61.9 Å². The summed E-state index contributed by atoms with van der Waals surface area (Å²) in [4.78, 5) is 3.88. The van der Waals surface area contributed by atoms with Crippen LogP contribution in [0.25, 0.3) is 11.5 Å². The van der Waals surface area contributed by atoms with Crippen LogP contribution in [0, 0.1) is 11.3 Å². The Balaban J connectivity index is 2.54. The quantitative estimate of drug-likeness (QED) is 0.844. The molecule has 0 spiro atoms. The van der Waals surface area contributed by atoms with Gasteiger partial charge in [-0.1, -0.05) is 34.8 Å². The molecule has 0 atom stereocenters. The predicted octanol–water partition coefficient (Wildman–Crippen LogP) is 4.22. The van der Waals surface area contributed by atoms with Crippen molar-refractivity contribution in [3.63, 3.8) is 0 Å². The van der Waals surface area contributed by atoms with E-state index in [1.54, 1.807) is 6.07 Å². The fourth-order valence-corrected chi connectivity index (χ4v) is 1.99. The number of nitriles is 1. The number of oxazole rings is 1. The zero-order chi connectivity index (χ0) is 15.8. The van der Waals surface area contributed by atoms with Gasteiger partial charge in [0, 0.05) is 16.1 Å². The standard InChI is InChI=1S/C11H6Cl3N3O/c1-16-11-8(4-15)17-10(18-11)6-2-5(12)3-7(13)9(6)14/h2-3,16H,1H3/i1D3. The fraction of sp³-hybridized carbons (Fsp3) is 0.0909. The summed E-state index contributed by atoms with van der Waals surface area (Å²) in [5.41, 5.74) is 0.0394. The minimum Gasteiger partial charge on any atom is -0.419 e. The molecule has 2 rings (SSSR count). The van der Waals surface area contributed by atoms with Crippen LogP contribution in [0.3, 0.4) is 0 Å². The van der Waals surface area contributed by atoms with E-state index in [1.807, 2.05) is 0 Å². The first-order chi connectivity index (χ1) is 9.71. The van der Waals surface area contributed by atoms with Gasteiger partial charge in [0.1, 0.15) is 6.07 Å². The average molecular weight is 306 g/mol. The summed E-state index contributed by atoms with van der Waals surface area (Å²) in [6.07, 6.45) is 0. The summed E-state index contributed by atoms with van der Waals surface area (Å²) in [6.45, 7) is -2.53. The van der Waals surface area contributed by atoms with Gasteiger partial charge in [-0.05, 0) is 12.1 Å². The fourth-order valence-electron chi connectivity index (χ4n) is 1.31. The summed E-state index contributed by atoms with van der Waals surface area (Å²) >= 11 is 17.8. The van der Waals surface area contributed by atoms with Crippen molar-refractivity contribution in [2.45, 2.75) is 0 Å². The van der Waals surface area contributed by atoms with Crippen LogP contribution in [0.4, 0.5) is 5.88 Å². The number of nitrogens with one attached hydrogen (secondary N) is 1. The zero-order valence-corrected chi connectivity index (χ0v) is 10.9. The average Bonchev–Trinajstić information content (AvgIpc) is 2.74. The van der Waals surface area contributed by atoms with Gasteiger partial charge < -0.3 is 9.73 Å². The maximum atomic E-state index is 8.97. The molecule has 18 heavy (non-hydrogen) atoms. The Kier molecular flexibility index (Phi) is 2.68. The Morgan fingerprint density at radius 1 is 1.44 bits per heavy atom. The molecule has 1 N–H and O–H groups in total. The molecule has 0 amide bonds. The molecular formula is C11H6Cl3N3O. The molecule has 0 fully saturated rings. The number of anilines is 1. The lowest BCUT2D eigenvalue weighted by Crippen LogP contribution is -1.87. The molecule has 0 saturated carbocycles. The highest BCUT2D eigenvalue weighted by molar-refractivity contribution is 6.44. The highest BCUT2D eigenvalue weighted by atomic mass is 35.5. The molecule has 0 radical (unpaired) electrons. The molecule has 0 unspecified atom stereocenters. The molecule has 0 bridgehead atoms. The third-order valence-electron chi connectivity index (χ3n) is 2.07. The highest BCUT2D eigenvalue weighted by Gasteiger charge is 2.17. The predicted molar refractivity (Wildman–Crippen MR) is 71.2 cm³/mol. The summed E-state index contributed by atoms with van der Waals surface area (Å²) in [5.74, 6) is -0.340. The number of nitrogens with zero attached hydrogens (tertiary/aromatic N) is 2. The van der Waals surface area contributed by atoms with Gasteiger partial charge in [-0.3, -0.25) is 0 Å². The van der Waals surface area contributed by atoms with E-state index in [0.717, 1.165) is 0 Å². The number of aromatic nitrogens is 1. The molecule has 0 aliphatic rings. The Labute approximate surface area is 122 Å². The number of hydrogen-bond acceptors (Lipinski definition) is 4. The highest BCUT2D eigenvalue weighted by Crippen LogP contribution is 2.37. The van der Waals surface area contributed by atoms with Crippen LogP contribution >= 0.6 is 34.8 Å². The van der Waals surface area contributed by atoms with E-state index in [4.69, 9.17) is 48.6 Å². The number of halogens is 3. The van der Waals surface area contributed by atoms with E-state index in [2.05, 4.69) is 10.3 Å². The van der Waals surface area contributed by atoms with Gasteiger partial charge in [0.05, 0.1) is 15.6 Å². The third kappa shape index (κ3) is 2.25. The van der Waals surface area contributed by atoms with Crippen molar-refractivity contribution >= 4 is 40.7 Å². The van der Waals surface area contributed by atoms with E-state index in [9.17, 15) is 0 Å². The van der Waals surface area contributed by atoms with Gasteiger partial charge in [-0.25, -0.2) is 0 Å². The summed E-state index contributed by atoms with van der Waals surface area (Å²) in [6, 6.07) is 4.61. The minimum absolute atomic E-state index is 0.0623. The largest absolute Gasteiger partial charge is 0.419 e. The first-order valence-corrected chi connectivity index (χ1v) is 5.68. The lowest BCUT2D eigenvalue weighted by atomic mass is 10.2. The summed E-state index contributed by atoms with van der Waals surface area (Å²) in [7, 11) is 0. The molecule has 1 aromatic carbocycles. The van der Waals surface area contributed by atoms with Crippen molar-refractivity contribution in [2.75, 3.05) is 12.3 Å². The van der Waals surface area contributed by atoms with E-state index < -0.39 is 6.98 Å². The molecule has 1 aromatic heterocycles. The molecule has 92 valence electrons.